The van der Waals surface area contributed by atoms with Crippen molar-refractivity contribution in [1.82, 2.24) is 15.0 Å². The maximum Gasteiger partial charge on any atom is 0.213 e. The van der Waals surface area contributed by atoms with Crippen LogP contribution >= 0.6 is 0 Å². The van der Waals surface area contributed by atoms with E-state index < -0.39 is 0 Å². The summed E-state index contributed by atoms with van der Waals surface area (Å²) in [5, 5.41) is 0. The van der Waals surface area contributed by atoms with Gasteiger partial charge in [-0.15, -0.1) is 0 Å². The number of hydrogen-bond donors (Lipinski definition) is 0. The topological polar surface area (TPSA) is 50.3 Å². The highest BCUT2D eigenvalue weighted by molar-refractivity contribution is 5.87. The highest BCUT2D eigenvalue weighted by atomic mass is 14.9. The lowest BCUT2D eigenvalue weighted by molar-refractivity contribution is -0.660. The lowest BCUT2D eigenvalue weighted by Gasteiger charge is -2.21. The van der Waals surface area contributed by atoms with Crippen LogP contribution in [0.2, 0.25) is 0 Å². The predicted octanol–water partition coefficient (Wildman–Crippen LogP) is 18.2. The fourth-order valence-corrected chi connectivity index (χ4v) is 14.1. The molecule has 12 aromatic rings. The Hall–Kier alpha value is -9.78. The number of fused-ring (bicyclic) bond motifs is 9. The Morgan fingerprint density at radius 2 is 0.562 bits per heavy atom. The molecule has 0 saturated heterocycles. The second kappa shape index (κ2) is 22.4. The van der Waals surface area contributed by atoms with Crippen molar-refractivity contribution in [3.05, 3.63) is 287 Å². The standard InChI is InChI=1S/2C28H27N2.C27H25N2/c2*1-18-8-10-20(11-9-18)21-12-14-30(5)26(16-21)23-17-25-24(15-19(23)2)22-7-6-13-29-27(22)28(25,3)4;1-18-15-23-21-11-8-13-28-26(21)27(2,3)24(23)17-22(18)25-16-20(12-14-29(25)4)19-9-6-5-7-10-19/h2*6-17H,1-5H3;5-17H,1-4H3/q3*+1. The summed E-state index contributed by atoms with van der Waals surface area (Å²) in [6.07, 6.45) is 12.2. The zero-order valence-corrected chi connectivity index (χ0v) is 54.0. The number of hydrogen-bond acceptors (Lipinski definition) is 3. The first-order valence-corrected chi connectivity index (χ1v) is 31.2. The van der Waals surface area contributed by atoms with Gasteiger partial charge in [-0.25, -0.2) is 13.7 Å². The summed E-state index contributed by atoms with van der Waals surface area (Å²) < 4.78 is 6.66. The molecule has 15 rings (SSSR count). The van der Waals surface area contributed by atoms with Crippen molar-refractivity contribution < 1.29 is 13.7 Å². The molecule has 6 aromatic heterocycles. The quantitative estimate of drug-likeness (QED) is 0.156. The van der Waals surface area contributed by atoms with Crippen LogP contribution in [0.3, 0.4) is 0 Å². The van der Waals surface area contributed by atoms with Gasteiger partial charge in [0.25, 0.3) is 0 Å². The Labute approximate surface area is 526 Å². The Morgan fingerprint density at radius 1 is 0.270 bits per heavy atom. The first-order chi connectivity index (χ1) is 42.7. The van der Waals surface area contributed by atoms with E-state index in [-0.39, 0.29) is 16.2 Å². The molecule has 0 bridgehead atoms. The van der Waals surface area contributed by atoms with Gasteiger partial charge in [0, 0.05) is 105 Å². The summed E-state index contributed by atoms with van der Waals surface area (Å²) >= 11 is 0. The first kappa shape index (κ1) is 58.2. The summed E-state index contributed by atoms with van der Waals surface area (Å²) in [4.78, 5) is 14.2. The van der Waals surface area contributed by atoms with E-state index in [0.29, 0.717) is 0 Å². The van der Waals surface area contributed by atoms with E-state index in [1.54, 1.807) is 0 Å². The van der Waals surface area contributed by atoms with E-state index in [0.717, 1.165) is 0 Å². The molecule has 0 aliphatic heterocycles. The van der Waals surface area contributed by atoms with Gasteiger partial charge in [-0.1, -0.05) is 168 Å². The van der Waals surface area contributed by atoms with Crippen molar-refractivity contribution in [1.29, 1.82) is 0 Å². The van der Waals surface area contributed by atoms with Gasteiger partial charge in [0.05, 0.1) is 17.1 Å². The van der Waals surface area contributed by atoms with Crippen LogP contribution in [0.25, 0.3) is 101 Å². The van der Waals surface area contributed by atoms with Gasteiger partial charge >= 0.3 is 0 Å². The van der Waals surface area contributed by atoms with Crippen molar-refractivity contribution >= 4 is 0 Å². The molecule has 0 fully saturated rings. The summed E-state index contributed by atoms with van der Waals surface area (Å²) in [7, 11) is 6.38. The van der Waals surface area contributed by atoms with Crippen molar-refractivity contribution in [2.45, 2.75) is 92.4 Å². The van der Waals surface area contributed by atoms with Gasteiger partial charge in [0.2, 0.25) is 17.1 Å². The van der Waals surface area contributed by atoms with Crippen molar-refractivity contribution in [2.75, 3.05) is 0 Å². The number of rotatable bonds is 6. The molecule has 6 heteroatoms. The van der Waals surface area contributed by atoms with Gasteiger partial charge in [-0.2, -0.15) is 0 Å². The molecule has 0 amide bonds. The number of pyridine rings is 6. The van der Waals surface area contributed by atoms with Crippen LogP contribution in [0.1, 0.15) is 103 Å². The minimum Gasteiger partial charge on any atom is -0.260 e. The molecule has 3 aliphatic carbocycles. The molecule has 0 unspecified atom stereocenters. The number of nitrogens with zero attached hydrogens (tertiary/aromatic N) is 6. The van der Waals surface area contributed by atoms with Crippen molar-refractivity contribution in [2.24, 2.45) is 21.1 Å². The largest absolute Gasteiger partial charge is 0.260 e. The van der Waals surface area contributed by atoms with Crippen LogP contribution in [-0.2, 0) is 37.4 Å². The molecule has 89 heavy (non-hydrogen) atoms. The third-order valence-corrected chi connectivity index (χ3v) is 19.3. The monoisotopic (exact) mass is 1160 g/mol. The molecule has 0 N–H and O–H groups in total. The fourth-order valence-electron chi connectivity index (χ4n) is 14.1. The average Bonchev–Trinajstić information content (AvgIpc) is 1.62. The summed E-state index contributed by atoms with van der Waals surface area (Å²) in [6, 6.07) is 68.5. The minimum atomic E-state index is -0.0957. The molecule has 438 valence electrons. The molecule has 3 aliphatic rings. The van der Waals surface area contributed by atoms with Gasteiger partial charge in [0.15, 0.2) is 18.6 Å². The molecule has 0 saturated carbocycles. The molecule has 0 atom stereocenters. The lowest BCUT2D eigenvalue weighted by atomic mass is 9.83. The average molecular weight is 1160 g/mol. The smallest absolute Gasteiger partial charge is 0.213 e. The van der Waals surface area contributed by atoms with Crippen LogP contribution in [0.4, 0.5) is 0 Å². The summed E-state index contributed by atoms with van der Waals surface area (Å²) in [5.74, 6) is 0. The van der Waals surface area contributed by atoms with E-state index in [1.165, 1.54) is 162 Å². The Kier molecular flexibility index (Phi) is 14.7. The molecular weight excluding hydrogens is 1080 g/mol. The van der Waals surface area contributed by atoms with Crippen LogP contribution < -0.4 is 13.7 Å². The summed E-state index contributed by atoms with van der Waals surface area (Å²) in [5.41, 5.74) is 36.5. The highest BCUT2D eigenvalue weighted by Crippen LogP contribution is 2.52. The summed E-state index contributed by atoms with van der Waals surface area (Å²) in [6.45, 7) is 24.6. The van der Waals surface area contributed by atoms with E-state index in [1.807, 2.05) is 36.8 Å². The highest BCUT2D eigenvalue weighted by Gasteiger charge is 2.41. The van der Waals surface area contributed by atoms with Crippen LogP contribution in [0.15, 0.2) is 225 Å². The van der Waals surface area contributed by atoms with E-state index in [2.05, 4.69) is 299 Å². The van der Waals surface area contributed by atoms with Gasteiger partial charge in [0.1, 0.15) is 21.1 Å². The third-order valence-electron chi connectivity index (χ3n) is 19.3. The van der Waals surface area contributed by atoms with E-state index in [4.69, 9.17) is 15.0 Å². The molecule has 6 aromatic carbocycles. The van der Waals surface area contributed by atoms with Crippen LogP contribution in [0, 0.1) is 34.6 Å². The number of benzene rings is 6. The van der Waals surface area contributed by atoms with Crippen molar-refractivity contribution in [3.8, 4) is 101 Å². The van der Waals surface area contributed by atoms with Crippen LogP contribution in [0.5, 0.6) is 0 Å². The minimum absolute atomic E-state index is 0.0933. The third kappa shape index (κ3) is 10.3. The first-order valence-electron chi connectivity index (χ1n) is 31.2. The zero-order valence-electron chi connectivity index (χ0n) is 54.0. The predicted molar refractivity (Wildman–Crippen MR) is 365 cm³/mol. The van der Waals surface area contributed by atoms with Gasteiger partial charge in [-0.3, -0.25) is 15.0 Å². The molecule has 6 nitrogen and oxygen atoms in total. The molecule has 0 radical (unpaired) electrons. The fraction of sp³-hybridized carbons (Fsp3) is 0.205. The van der Waals surface area contributed by atoms with Crippen molar-refractivity contribution in [3.63, 3.8) is 0 Å². The Bertz CT molecular complexity index is 4550. The zero-order chi connectivity index (χ0) is 62.3. The number of aromatic nitrogens is 6. The molecular formula is C83H79N6+3. The second-order valence-corrected chi connectivity index (χ2v) is 26.5. The maximum absolute atomic E-state index is 4.73. The van der Waals surface area contributed by atoms with Crippen LogP contribution in [-0.4, -0.2) is 15.0 Å². The Morgan fingerprint density at radius 3 is 0.865 bits per heavy atom. The van der Waals surface area contributed by atoms with Gasteiger partial charge < -0.3 is 0 Å². The van der Waals surface area contributed by atoms with Gasteiger partial charge in [-0.05, 0) is 154 Å². The van der Waals surface area contributed by atoms with E-state index >= 15 is 0 Å². The second-order valence-electron chi connectivity index (χ2n) is 26.5. The maximum atomic E-state index is 4.73. The SMILES string of the molecule is Cc1cc2c(cc1-c1cc(-c3ccccc3)cc[n+]1C)C(C)(C)c1ncccc1-2.Cc1ccc(-c2cc[n+](C)c(-c3cc4c(cc3C)-c3cccnc3C4(C)C)c2)cc1.Cc1ccc(-c2cc[n+](C)c(-c3cc4c(cc3C)-c3cccnc3C4(C)C)c2)cc1. The normalized spacial score (nSPS) is 13.8. The number of aryl methyl sites for hydroxylation is 8. The Balaban J connectivity index is 0.000000123. The van der Waals surface area contributed by atoms with E-state index in [9.17, 15) is 0 Å². The molecule has 0 spiro atoms. The lowest BCUT2D eigenvalue weighted by Crippen LogP contribution is -2.30. The molecule has 6 heterocycles.